The lowest BCUT2D eigenvalue weighted by Gasteiger charge is -2.31. The van der Waals surface area contributed by atoms with E-state index in [2.05, 4.69) is 35.2 Å². The maximum Gasteiger partial charge on any atom is 0.0595 e. The van der Waals surface area contributed by atoms with E-state index in [0.717, 1.165) is 12.8 Å². The number of hydrogen-bond donors (Lipinski definition) is 1. The molecule has 3 rings (SSSR count). The highest BCUT2D eigenvalue weighted by Crippen LogP contribution is 2.42. The van der Waals surface area contributed by atoms with Gasteiger partial charge in [0.1, 0.15) is 0 Å². The molecule has 2 aromatic rings. The van der Waals surface area contributed by atoms with Crippen LogP contribution in [0.15, 0.2) is 42.5 Å². The van der Waals surface area contributed by atoms with E-state index in [9.17, 15) is 0 Å². The zero-order valence-electron chi connectivity index (χ0n) is 10.7. The van der Waals surface area contributed by atoms with Crippen molar-refractivity contribution in [3.63, 3.8) is 0 Å². The van der Waals surface area contributed by atoms with Crippen molar-refractivity contribution in [2.24, 2.45) is 0 Å². The van der Waals surface area contributed by atoms with Gasteiger partial charge in [0.2, 0.25) is 0 Å². The summed E-state index contributed by atoms with van der Waals surface area (Å²) in [5, 5.41) is 1.21. The number of hydrogen-bond acceptors (Lipinski definition) is 1. The largest absolute Gasteiger partial charge is 0.226 e. The van der Waals surface area contributed by atoms with Crippen molar-refractivity contribution in [3.05, 3.63) is 69.2 Å². The van der Waals surface area contributed by atoms with E-state index in [1.165, 1.54) is 16.7 Å². The molecule has 0 saturated carbocycles. The van der Waals surface area contributed by atoms with Crippen LogP contribution in [0.5, 0.6) is 0 Å². The van der Waals surface area contributed by atoms with Gasteiger partial charge in [0.15, 0.2) is 0 Å². The predicted molar refractivity (Wildman–Crippen MR) is 85.7 cm³/mol. The molecule has 2 unspecified atom stereocenters. The van der Waals surface area contributed by atoms with E-state index >= 15 is 0 Å². The van der Waals surface area contributed by atoms with Crippen molar-refractivity contribution in [2.45, 2.75) is 24.8 Å². The molecule has 0 fully saturated rings. The van der Waals surface area contributed by atoms with Crippen molar-refractivity contribution < 1.29 is 0 Å². The zero-order valence-corrected chi connectivity index (χ0v) is 13.0. The second-order valence-electron chi connectivity index (χ2n) is 5.09. The summed E-state index contributed by atoms with van der Waals surface area (Å²) in [6.07, 6.45) is 2.05. The predicted octanol–water partition coefficient (Wildman–Crippen LogP) is 5.70. The monoisotopic (exact) mass is 325 g/mol. The van der Waals surface area contributed by atoms with Gasteiger partial charge in [-0.05, 0) is 53.4 Å². The Morgan fingerprint density at radius 1 is 0.900 bits per heavy atom. The smallest absolute Gasteiger partial charge is 0.0595 e. The summed E-state index contributed by atoms with van der Waals surface area (Å²) in [4.78, 5) is 2.88. The minimum Gasteiger partial charge on any atom is -0.226 e. The number of nitrogens with one attached hydrogen (secondary N) is 1. The van der Waals surface area contributed by atoms with Crippen LogP contribution in [0.3, 0.4) is 0 Å². The van der Waals surface area contributed by atoms with Gasteiger partial charge >= 0.3 is 0 Å². The molecule has 0 aliphatic heterocycles. The van der Waals surface area contributed by atoms with Crippen molar-refractivity contribution in [2.75, 3.05) is 0 Å². The fraction of sp³-hybridized carbons (Fsp3) is 0.250. The van der Waals surface area contributed by atoms with Crippen LogP contribution in [0.1, 0.15) is 41.5 Å². The molecule has 0 saturated heterocycles. The van der Waals surface area contributed by atoms with Gasteiger partial charge in [-0.25, -0.2) is 4.84 Å². The molecule has 104 valence electrons. The minimum atomic E-state index is 0.215. The van der Waals surface area contributed by atoms with Crippen LogP contribution in [0.4, 0.5) is 0 Å². The van der Waals surface area contributed by atoms with Gasteiger partial charge in [0.25, 0.3) is 0 Å². The zero-order chi connectivity index (χ0) is 14.1. The third kappa shape index (κ3) is 2.56. The van der Waals surface area contributed by atoms with Crippen molar-refractivity contribution in [1.82, 2.24) is 4.84 Å². The molecule has 0 radical (unpaired) electrons. The first kappa shape index (κ1) is 14.2. The molecule has 1 nitrogen and oxygen atoms in total. The van der Waals surface area contributed by atoms with Crippen LogP contribution in [0.2, 0.25) is 10.0 Å². The summed E-state index contributed by atoms with van der Waals surface area (Å²) in [5.41, 5.74) is 3.79. The standard InChI is InChI=1S/C16H14Cl3N/c17-14-7-5-10(9-15(14)18)11-6-8-16(20-19)13-4-2-1-3-12(11)13/h1-5,7,9,11,16,20H,6,8H2. The molecular weight excluding hydrogens is 313 g/mol. The average molecular weight is 327 g/mol. The summed E-state index contributed by atoms with van der Waals surface area (Å²) < 4.78 is 0. The first-order chi connectivity index (χ1) is 9.70. The molecule has 2 atom stereocenters. The van der Waals surface area contributed by atoms with Gasteiger partial charge in [-0.2, -0.15) is 0 Å². The molecule has 0 aromatic heterocycles. The van der Waals surface area contributed by atoms with Gasteiger partial charge in [-0.1, -0.05) is 53.5 Å². The molecular formula is C16H14Cl3N. The lowest BCUT2D eigenvalue weighted by Crippen LogP contribution is -2.21. The molecule has 0 spiro atoms. The van der Waals surface area contributed by atoms with Gasteiger partial charge in [-0.3, -0.25) is 0 Å². The van der Waals surface area contributed by atoms with E-state index < -0.39 is 0 Å². The second kappa shape index (κ2) is 5.95. The number of benzene rings is 2. The topological polar surface area (TPSA) is 12.0 Å². The fourth-order valence-electron chi connectivity index (χ4n) is 2.98. The minimum absolute atomic E-state index is 0.215. The first-order valence-electron chi connectivity index (χ1n) is 6.60. The lowest BCUT2D eigenvalue weighted by atomic mass is 9.77. The first-order valence-corrected chi connectivity index (χ1v) is 7.74. The highest BCUT2D eigenvalue weighted by atomic mass is 35.5. The third-order valence-electron chi connectivity index (χ3n) is 3.97. The van der Waals surface area contributed by atoms with Gasteiger partial charge in [0, 0.05) is 12.0 Å². The Balaban J connectivity index is 2.05. The summed E-state index contributed by atoms with van der Waals surface area (Å²) in [7, 11) is 0. The van der Waals surface area contributed by atoms with E-state index in [-0.39, 0.29) is 6.04 Å². The highest BCUT2D eigenvalue weighted by molar-refractivity contribution is 6.42. The van der Waals surface area contributed by atoms with E-state index in [1.54, 1.807) is 0 Å². The molecule has 2 aromatic carbocycles. The van der Waals surface area contributed by atoms with E-state index in [1.807, 2.05) is 12.1 Å². The second-order valence-corrected chi connectivity index (χ2v) is 6.13. The number of halogens is 3. The lowest BCUT2D eigenvalue weighted by molar-refractivity contribution is 0.505. The summed E-state index contributed by atoms with van der Waals surface area (Å²) in [6, 6.07) is 14.5. The Bertz CT molecular complexity index is 627. The molecule has 1 N–H and O–H groups in total. The Labute approximate surface area is 134 Å². The van der Waals surface area contributed by atoms with Crippen LogP contribution in [-0.4, -0.2) is 0 Å². The molecule has 1 aliphatic carbocycles. The molecule has 0 bridgehead atoms. The molecule has 0 heterocycles. The molecule has 0 amide bonds. The SMILES string of the molecule is ClNC1CCC(c2ccc(Cl)c(Cl)c2)c2ccccc21. The molecule has 20 heavy (non-hydrogen) atoms. The third-order valence-corrected chi connectivity index (χ3v) is 4.97. The van der Waals surface area contributed by atoms with Gasteiger partial charge < -0.3 is 0 Å². The summed E-state index contributed by atoms with van der Waals surface area (Å²) in [6.45, 7) is 0. The maximum atomic E-state index is 6.15. The van der Waals surface area contributed by atoms with Crippen molar-refractivity contribution >= 4 is 35.0 Å². The Morgan fingerprint density at radius 3 is 2.35 bits per heavy atom. The van der Waals surface area contributed by atoms with Gasteiger partial charge in [0.05, 0.1) is 10.0 Å². The van der Waals surface area contributed by atoms with Crippen LogP contribution in [-0.2, 0) is 0 Å². The Kier molecular flexibility index (Phi) is 4.23. The van der Waals surface area contributed by atoms with Crippen molar-refractivity contribution in [1.29, 1.82) is 0 Å². The number of rotatable bonds is 2. The molecule has 4 heteroatoms. The highest BCUT2D eigenvalue weighted by Gasteiger charge is 2.27. The Morgan fingerprint density at radius 2 is 1.65 bits per heavy atom. The molecule has 1 aliphatic rings. The van der Waals surface area contributed by atoms with E-state index in [0.29, 0.717) is 16.0 Å². The quantitative estimate of drug-likeness (QED) is 0.698. The van der Waals surface area contributed by atoms with Crippen LogP contribution >= 0.6 is 35.0 Å². The Hall–Kier alpha value is -0.730. The fourth-order valence-corrected chi connectivity index (χ4v) is 3.51. The van der Waals surface area contributed by atoms with Gasteiger partial charge in [-0.15, -0.1) is 0 Å². The van der Waals surface area contributed by atoms with Crippen LogP contribution in [0, 0.1) is 0 Å². The summed E-state index contributed by atoms with van der Waals surface area (Å²) in [5.74, 6) is 0.349. The normalized spacial score (nSPS) is 21.6. The van der Waals surface area contributed by atoms with Crippen LogP contribution in [0.25, 0.3) is 0 Å². The van der Waals surface area contributed by atoms with Crippen LogP contribution < -0.4 is 4.84 Å². The van der Waals surface area contributed by atoms with Crippen molar-refractivity contribution in [3.8, 4) is 0 Å². The summed E-state index contributed by atoms with van der Waals surface area (Å²) >= 11 is 18.0. The maximum absolute atomic E-state index is 6.15. The van der Waals surface area contributed by atoms with E-state index in [4.69, 9.17) is 35.0 Å². The average Bonchev–Trinajstić information content (AvgIpc) is 2.49. The number of fused-ring (bicyclic) bond motifs is 1.